The zero-order valence-corrected chi connectivity index (χ0v) is 17.4. The van der Waals surface area contributed by atoms with Crippen LogP contribution < -0.4 is 4.74 Å². The molecule has 0 N–H and O–H groups in total. The number of benzene rings is 2. The van der Waals surface area contributed by atoms with Crippen molar-refractivity contribution in [2.24, 2.45) is 0 Å². The maximum absolute atomic E-state index is 12.5. The number of carbonyl (C=O) groups is 1. The quantitative estimate of drug-likeness (QED) is 0.725. The van der Waals surface area contributed by atoms with Gasteiger partial charge in [-0.25, -0.2) is 0 Å². The standard InChI is InChI=1S/C24H32N2O2/c1-19(2)22-9-4-21(5-10-22)18-25-14-16-26(17-15-25)24(27)13-8-20-6-11-23(28-3)12-7-20/h4-7,9-12,19H,8,13-18H2,1-3H3. The third kappa shape index (κ3) is 5.59. The van der Waals surface area contributed by atoms with Crippen molar-refractivity contribution >= 4 is 5.91 Å². The van der Waals surface area contributed by atoms with Crippen LogP contribution in [0.1, 0.15) is 42.9 Å². The second-order valence-electron chi connectivity index (χ2n) is 7.90. The molecule has 1 aliphatic heterocycles. The van der Waals surface area contributed by atoms with Crippen LogP contribution >= 0.6 is 0 Å². The van der Waals surface area contributed by atoms with E-state index >= 15 is 0 Å². The summed E-state index contributed by atoms with van der Waals surface area (Å²) in [5, 5.41) is 0. The first-order valence-corrected chi connectivity index (χ1v) is 10.3. The van der Waals surface area contributed by atoms with Gasteiger partial charge >= 0.3 is 0 Å². The van der Waals surface area contributed by atoms with Crippen molar-refractivity contribution in [1.82, 2.24) is 9.80 Å². The van der Waals surface area contributed by atoms with Crippen molar-refractivity contribution < 1.29 is 9.53 Å². The Balaban J connectivity index is 1.41. The number of amides is 1. The lowest BCUT2D eigenvalue weighted by Gasteiger charge is -2.35. The monoisotopic (exact) mass is 380 g/mol. The lowest BCUT2D eigenvalue weighted by molar-refractivity contribution is -0.133. The number of piperazine rings is 1. The van der Waals surface area contributed by atoms with E-state index < -0.39 is 0 Å². The normalized spacial score (nSPS) is 15.1. The molecule has 4 nitrogen and oxygen atoms in total. The maximum atomic E-state index is 12.5. The lowest BCUT2D eigenvalue weighted by atomic mass is 10.0. The average molecular weight is 381 g/mol. The van der Waals surface area contributed by atoms with Crippen molar-refractivity contribution in [1.29, 1.82) is 0 Å². The largest absolute Gasteiger partial charge is 0.497 e. The topological polar surface area (TPSA) is 32.8 Å². The zero-order chi connectivity index (χ0) is 19.9. The van der Waals surface area contributed by atoms with Crippen LogP contribution in [0.15, 0.2) is 48.5 Å². The van der Waals surface area contributed by atoms with Gasteiger partial charge in [-0.1, -0.05) is 50.2 Å². The summed E-state index contributed by atoms with van der Waals surface area (Å²) >= 11 is 0. The van der Waals surface area contributed by atoms with E-state index in [1.54, 1.807) is 7.11 Å². The van der Waals surface area contributed by atoms with Crippen LogP contribution in [0, 0.1) is 0 Å². The Morgan fingerprint density at radius 3 is 2.11 bits per heavy atom. The number of carbonyl (C=O) groups excluding carboxylic acids is 1. The molecule has 1 saturated heterocycles. The summed E-state index contributed by atoms with van der Waals surface area (Å²) in [6, 6.07) is 16.9. The Kier molecular flexibility index (Phi) is 7.10. The van der Waals surface area contributed by atoms with Crippen molar-refractivity contribution in [3.05, 3.63) is 65.2 Å². The predicted molar refractivity (Wildman–Crippen MR) is 114 cm³/mol. The van der Waals surface area contributed by atoms with E-state index in [9.17, 15) is 4.79 Å². The molecule has 0 aromatic heterocycles. The molecular formula is C24H32N2O2. The predicted octanol–water partition coefficient (Wildman–Crippen LogP) is 4.10. The molecule has 0 atom stereocenters. The van der Waals surface area contributed by atoms with Gasteiger partial charge in [0.2, 0.25) is 5.91 Å². The minimum Gasteiger partial charge on any atom is -0.497 e. The van der Waals surface area contributed by atoms with Gasteiger partial charge in [0.25, 0.3) is 0 Å². The highest BCUT2D eigenvalue weighted by Gasteiger charge is 2.20. The molecule has 1 amide bonds. The molecule has 0 unspecified atom stereocenters. The van der Waals surface area contributed by atoms with E-state index in [0.717, 1.165) is 44.9 Å². The molecule has 1 aliphatic rings. The summed E-state index contributed by atoms with van der Waals surface area (Å²) in [4.78, 5) is 17.0. The molecule has 4 heteroatoms. The van der Waals surface area contributed by atoms with E-state index in [4.69, 9.17) is 4.74 Å². The molecule has 28 heavy (non-hydrogen) atoms. The first-order chi connectivity index (χ1) is 13.5. The first kappa shape index (κ1) is 20.4. The number of hydrogen-bond acceptors (Lipinski definition) is 3. The van der Waals surface area contributed by atoms with E-state index in [2.05, 4.69) is 43.0 Å². The Hall–Kier alpha value is -2.33. The van der Waals surface area contributed by atoms with Gasteiger partial charge in [-0.05, 0) is 41.2 Å². The fourth-order valence-electron chi connectivity index (χ4n) is 3.62. The summed E-state index contributed by atoms with van der Waals surface area (Å²) in [7, 11) is 1.67. The Morgan fingerprint density at radius 2 is 1.54 bits per heavy atom. The van der Waals surface area contributed by atoms with E-state index in [0.29, 0.717) is 12.3 Å². The van der Waals surface area contributed by atoms with E-state index in [-0.39, 0.29) is 5.91 Å². The Morgan fingerprint density at radius 1 is 0.929 bits per heavy atom. The second kappa shape index (κ2) is 9.74. The first-order valence-electron chi connectivity index (χ1n) is 10.3. The molecule has 2 aromatic carbocycles. The molecule has 1 heterocycles. The van der Waals surface area contributed by atoms with Crippen molar-refractivity contribution in [2.75, 3.05) is 33.3 Å². The summed E-state index contributed by atoms with van der Waals surface area (Å²) < 4.78 is 5.18. The number of rotatable bonds is 7. The number of nitrogens with zero attached hydrogens (tertiary/aromatic N) is 2. The Labute approximate surface area is 169 Å². The van der Waals surface area contributed by atoms with Gasteiger partial charge in [0.1, 0.15) is 5.75 Å². The van der Waals surface area contributed by atoms with Gasteiger partial charge in [0.15, 0.2) is 0 Å². The minimum atomic E-state index is 0.261. The number of aryl methyl sites for hydroxylation is 1. The molecule has 0 aliphatic carbocycles. The van der Waals surface area contributed by atoms with Crippen LogP contribution in [-0.2, 0) is 17.8 Å². The van der Waals surface area contributed by atoms with Gasteiger partial charge < -0.3 is 9.64 Å². The fourth-order valence-corrected chi connectivity index (χ4v) is 3.62. The molecule has 2 aromatic rings. The smallest absolute Gasteiger partial charge is 0.222 e. The zero-order valence-electron chi connectivity index (χ0n) is 17.4. The third-order valence-corrected chi connectivity index (χ3v) is 5.56. The molecule has 1 fully saturated rings. The molecule has 3 rings (SSSR count). The van der Waals surface area contributed by atoms with Crippen LogP contribution in [0.4, 0.5) is 0 Å². The van der Waals surface area contributed by atoms with Gasteiger partial charge in [-0.15, -0.1) is 0 Å². The van der Waals surface area contributed by atoms with E-state index in [1.165, 1.54) is 16.7 Å². The molecular weight excluding hydrogens is 348 g/mol. The van der Waals surface area contributed by atoms with Crippen LogP contribution in [0.25, 0.3) is 0 Å². The summed E-state index contributed by atoms with van der Waals surface area (Å²) in [5.41, 5.74) is 3.91. The summed E-state index contributed by atoms with van der Waals surface area (Å²) in [5.74, 6) is 1.68. The number of methoxy groups -OCH3 is 1. The van der Waals surface area contributed by atoms with E-state index in [1.807, 2.05) is 29.2 Å². The molecule has 0 saturated carbocycles. The minimum absolute atomic E-state index is 0.261. The SMILES string of the molecule is COc1ccc(CCC(=O)N2CCN(Cc3ccc(C(C)C)cc3)CC2)cc1. The highest BCUT2D eigenvalue weighted by molar-refractivity contribution is 5.76. The molecule has 0 radical (unpaired) electrons. The second-order valence-corrected chi connectivity index (χ2v) is 7.90. The molecule has 0 bridgehead atoms. The van der Waals surface area contributed by atoms with Gasteiger partial charge in [-0.3, -0.25) is 9.69 Å². The average Bonchev–Trinajstić information content (AvgIpc) is 2.73. The van der Waals surface area contributed by atoms with Gasteiger partial charge in [0, 0.05) is 39.1 Å². The highest BCUT2D eigenvalue weighted by atomic mass is 16.5. The summed E-state index contributed by atoms with van der Waals surface area (Å²) in [6.07, 6.45) is 1.36. The van der Waals surface area contributed by atoms with Crippen molar-refractivity contribution in [3.63, 3.8) is 0 Å². The van der Waals surface area contributed by atoms with Crippen molar-refractivity contribution in [2.45, 2.75) is 39.2 Å². The van der Waals surface area contributed by atoms with Gasteiger partial charge in [-0.2, -0.15) is 0 Å². The lowest BCUT2D eigenvalue weighted by Crippen LogP contribution is -2.48. The number of hydrogen-bond donors (Lipinski definition) is 0. The molecule has 150 valence electrons. The summed E-state index contributed by atoms with van der Waals surface area (Å²) in [6.45, 7) is 8.95. The van der Waals surface area contributed by atoms with Crippen molar-refractivity contribution in [3.8, 4) is 5.75 Å². The number of ether oxygens (including phenoxy) is 1. The third-order valence-electron chi connectivity index (χ3n) is 5.56. The highest BCUT2D eigenvalue weighted by Crippen LogP contribution is 2.17. The van der Waals surface area contributed by atoms with Crippen LogP contribution in [0.5, 0.6) is 5.75 Å². The maximum Gasteiger partial charge on any atom is 0.222 e. The van der Waals surface area contributed by atoms with Crippen LogP contribution in [-0.4, -0.2) is 49.0 Å². The molecule has 0 spiro atoms. The van der Waals surface area contributed by atoms with Crippen LogP contribution in [0.2, 0.25) is 0 Å². The Bertz CT molecular complexity index is 745. The van der Waals surface area contributed by atoms with Gasteiger partial charge in [0.05, 0.1) is 7.11 Å². The van der Waals surface area contributed by atoms with Crippen LogP contribution in [0.3, 0.4) is 0 Å². The fraction of sp³-hybridized carbons (Fsp3) is 0.458.